The molecule has 82 heavy (non-hydrogen) atoms. The molecule has 0 saturated carbocycles. The molecule has 0 saturated heterocycles. The lowest BCUT2D eigenvalue weighted by atomic mass is 10.0. The van der Waals surface area contributed by atoms with Crippen molar-refractivity contribution in [3.05, 3.63) is 97.2 Å². The van der Waals surface area contributed by atoms with E-state index in [1.54, 1.807) is 0 Å². The SMILES string of the molecule is CC/C=C\C/C=C\C/C=C\C/C=C\C/C=C\C/C=C\CCCCCCCCCCCCCCC(=O)OCC(COC(=O)CCCCCCC/C=C\C/C=C\CCCCCC)OC(=O)CCCCCCCCCCCCCCCCCCC. The summed E-state index contributed by atoms with van der Waals surface area (Å²) in [6, 6.07) is 0. The van der Waals surface area contributed by atoms with Gasteiger partial charge >= 0.3 is 17.9 Å². The Bertz CT molecular complexity index is 1590. The molecule has 0 aromatic rings. The maximum absolute atomic E-state index is 12.9. The predicted octanol–water partition coefficient (Wildman–Crippen LogP) is 24.4. The second-order valence-corrected chi connectivity index (χ2v) is 23.4. The molecular formula is C76H132O6. The zero-order chi connectivity index (χ0) is 59.2. The summed E-state index contributed by atoms with van der Waals surface area (Å²) < 4.78 is 17.0. The summed E-state index contributed by atoms with van der Waals surface area (Å²) in [5.74, 6) is -0.876. The van der Waals surface area contributed by atoms with Crippen LogP contribution >= 0.6 is 0 Å². The van der Waals surface area contributed by atoms with Gasteiger partial charge in [0.15, 0.2) is 6.10 Å². The van der Waals surface area contributed by atoms with Crippen molar-refractivity contribution in [1.29, 1.82) is 0 Å². The molecule has 6 nitrogen and oxygen atoms in total. The molecule has 0 spiro atoms. The molecular weight excluding hydrogens is 1010 g/mol. The first kappa shape index (κ1) is 78.3. The monoisotopic (exact) mass is 1140 g/mol. The number of hydrogen-bond donors (Lipinski definition) is 0. The van der Waals surface area contributed by atoms with Crippen LogP contribution in [-0.4, -0.2) is 37.2 Å². The van der Waals surface area contributed by atoms with Crippen LogP contribution in [0.2, 0.25) is 0 Å². The Morgan fingerprint density at radius 1 is 0.256 bits per heavy atom. The molecule has 0 aromatic heterocycles. The molecule has 0 heterocycles. The van der Waals surface area contributed by atoms with Crippen molar-refractivity contribution < 1.29 is 28.6 Å². The maximum atomic E-state index is 12.9. The first-order chi connectivity index (χ1) is 40.5. The van der Waals surface area contributed by atoms with Gasteiger partial charge in [0.25, 0.3) is 0 Å². The Morgan fingerprint density at radius 2 is 0.476 bits per heavy atom. The van der Waals surface area contributed by atoms with Crippen LogP contribution in [0.4, 0.5) is 0 Å². The van der Waals surface area contributed by atoms with Crippen molar-refractivity contribution in [2.24, 2.45) is 0 Å². The van der Waals surface area contributed by atoms with Gasteiger partial charge in [-0.2, -0.15) is 0 Å². The third-order valence-electron chi connectivity index (χ3n) is 15.3. The molecule has 0 fully saturated rings. The quantitative estimate of drug-likeness (QED) is 0.0261. The fraction of sp³-hybridized carbons (Fsp3) is 0.750. The molecule has 0 aliphatic rings. The summed E-state index contributed by atoms with van der Waals surface area (Å²) in [6.07, 6.45) is 94.3. The maximum Gasteiger partial charge on any atom is 0.306 e. The number of esters is 3. The minimum atomic E-state index is -0.783. The molecule has 0 bridgehead atoms. The van der Waals surface area contributed by atoms with Crippen molar-refractivity contribution in [2.45, 2.75) is 354 Å². The second kappa shape index (κ2) is 69.8. The van der Waals surface area contributed by atoms with Gasteiger partial charge in [-0.1, -0.05) is 323 Å². The first-order valence-corrected chi connectivity index (χ1v) is 35.2. The minimum absolute atomic E-state index is 0.0792. The Labute approximate surface area is 508 Å². The number of carbonyl (C=O) groups is 3. The van der Waals surface area contributed by atoms with Gasteiger partial charge in [-0.15, -0.1) is 0 Å². The van der Waals surface area contributed by atoms with E-state index in [0.717, 1.165) is 116 Å². The van der Waals surface area contributed by atoms with Gasteiger partial charge in [-0.3, -0.25) is 14.4 Å². The zero-order valence-electron chi connectivity index (χ0n) is 54.2. The highest BCUT2D eigenvalue weighted by molar-refractivity contribution is 5.71. The van der Waals surface area contributed by atoms with E-state index >= 15 is 0 Å². The fourth-order valence-electron chi connectivity index (χ4n) is 10.1. The van der Waals surface area contributed by atoms with Gasteiger partial charge in [0.1, 0.15) is 13.2 Å². The first-order valence-electron chi connectivity index (χ1n) is 35.2. The summed E-state index contributed by atoms with van der Waals surface area (Å²) in [7, 11) is 0. The second-order valence-electron chi connectivity index (χ2n) is 23.4. The molecule has 472 valence electrons. The molecule has 0 aliphatic carbocycles. The Balaban J connectivity index is 4.28. The smallest absolute Gasteiger partial charge is 0.306 e. The summed E-state index contributed by atoms with van der Waals surface area (Å²) in [5, 5.41) is 0. The van der Waals surface area contributed by atoms with Gasteiger partial charge in [-0.05, 0) is 103 Å². The van der Waals surface area contributed by atoms with Crippen LogP contribution in [0.15, 0.2) is 97.2 Å². The lowest BCUT2D eigenvalue weighted by Gasteiger charge is -2.18. The molecule has 0 rings (SSSR count). The lowest BCUT2D eigenvalue weighted by molar-refractivity contribution is -0.167. The fourth-order valence-corrected chi connectivity index (χ4v) is 10.1. The van der Waals surface area contributed by atoms with Crippen LogP contribution in [0.25, 0.3) is 0 Å². The van der Waals surface area contributed by atoms with E-state index in [4.69, 9.17) is 14.2 Å². The lowest BCUT2D eigenvalue weighted by Crippen LogP contribution is -2.30. The summed E-state index contributed by atoms with van der Waals surface area (Å²) >= 11 is 0. The number of hydrogen-bond acceptors (Lipinski definition) is 6. The highest BCUT2D eigenvalue weighted by atomic mass is 16.6. The molecule has 0 amide bonds. The minimum Gasteiger partial charge on any atom is -0.462 e. The van der Waals surface area contributed by atoms with E-state index < -0.39 is 6.10 Å². The third-order valence-corrected chi connectivity index (χ3v) is 15.3. The van der Waals surface area contributed by atoms with Crippen molar-refractivity contribution >= 4 is 17.9 Å². The molecule has 1 unspecified atom stereocenters. The number of ether oxygens (including phenoxy) is 3. The van der Waals surface area contributed by atoms with Crippen molar-refractivity contribution in [2.75, 3.05) is 13.2 Å². The molecule has 0 aliphatic heterocycles. The third kappa shape index (κ3) is 67.1. The highest BCUT2D eigenvalue weighted by Gasteiger charge is 2.19. The van der Waals surface area contributed by atoms with Crippen LogP contribution in [0.5, 0.6) is 0 Å². The van der Waals surface area contributed by atoms with Crippen molar-refractivity contribution in [3.63, 3.8) is 0 Å². The van der Waals surface area contributed by atoms with Crippen LogP contribution in [0.1, 0.15) is 348 Å². The summed E-state index contributed by atoms with van der Waals surface area (Å²) in [6.45, 7) is 6.54. The van der Waals surface area contributed by atoms with Crippen LogP contribution < -0.4 is 0 Å². The van der Waals surface area contributed by atoms with E-state index in [1.807, 2.05) is 0 Å². The normalized spacial score (nSPS) is 12.7. The molecule has 0 radical (unpaired) electrons. The van der Waals surface area contributed by atoms with E-state index in [-0.39, 0.29) is 31.1 Å². The summed E-state index contributed by atoms with van der Waals surface area (Å²) in [5.41, 5.74) is 0. The average Bonchev–Trinajstić information content (AvgIpc) is 3.48. The zero-order valence-corrected chi connectivity index (χ0v) is 54.2. The van der Waals surface area contributed by atoms with Crippen molar-refractivity contribution in [3.8, 4) is 0 Å². The van der Waals surface area contributed by atoms with E-state index in [9.17, 15) is 14.4 Å². The van der Waals surface area contributed by atoms with Crippen LogP contribution in [0.3, 0.4) is 0 Å². The van der Waals surface area contributed by atoms with Crippen LogP contribution in [-0.2, 0) is 28.6 Å². The Kier molecular flexibility index (Phi) is 66.7. The number of rotatable bonds is 64. The highest BCUT2D eigenvalue weighted by Crippen LogP contribution is 2.17. The number of carbonyl (C=O) groups excluding carboxylic acids is 3. The Morgan fingerprint density at radius 3 is 0.756 bits per heavy atom. The number of unbranched alkanes of at least 4 members (excludes halogenated alkanes) is 37. The predicted molar refractivity (Wildman–Crippen MR) is 357 cm³/mol. The standard InChI is InChI=1S/C76H132O6/c1-4-7-10-13-16-19-22-25-28-31-32-33-34-35-36-37-38-39-40-41-42-43-44-46-48-51-54-57-60-63-66-69-75(78)81-72-73(71-80-74(77)68-65-62-59-56-53-50-47-30-27-24-21-18-15-12-9-6-3)82-76(79)70-67-64-61-58-55-52-49-45-29-26-23-20-17-14-11-8-5-2/h7,10,16,19,21,24-25,28,30,32-33,35-36,38-39,47,73H,4-6,8-9,11-15,17-18,20,22-23,26-27,29,31,34,37,40-46,48-72H2,1-3H3/b10-7-,19-16-,24-21-,28-25-,33-32-,36-35-,39-38-,47-30-. The van der Waals surface area contributed by atoms with Gasteiger partial charge in [0, 0.05) is 19.3 Å². The molecule has 1 atom stereocenters. The molecule has 6 heteroatoms. The Hall–Kier alpha value is -3.67. The molecule has 0 aromatic carbocycles. The van der Waals surface area contributed by atoms with Gasteiger partial charge in [0.2, 0.25) is 0 Å². The van der Waals surface area contributed by atoms with Gasteiger partial charge in [0.05, 0.1) is 0 Å². The number of allylic oxidation sites excluding steroid dienone is 16. The largest absolute Gasteiger partial charge is 0.462 e. The van der Waals surface area contributed by atoms with Crippen molar-refractivity contribution in [1.82, 2.24) is 0 Å². The molecule has 0 N–H and O–H groups in total. The van der Waals surface area contributed by atoms with Gasteiger partial charge < -0.3 is 14.2 Å². The van der Waals surface area contributed by atoms with E-state index in [0.29, 0.717) is 19.3 Å². The van der Waals surface area contributed by atoms with Gasteiger partial charge in [-0.25, -0.2) is 0 Å². The summed E-state index contributed by atoms with van der Waals surface area (Å²) in [4.78, 5) is 38.4. The average molecular weight is 1140 g/mol. The van der Waals surface area contributed by atoms with E-state index in [2.05, 4.69) is 118 Å². The van der Waals surface area contributed by atoms with E-state index in [1.165, 1.54) is 193 Å². The topological polar surface area (TPSA) is 78.9 Å². The van der Waals surface area contributed by atoms with Crippen LogP contribution in [0, 0.1) is 0 Å².